The van der Waals surface area contributed by atoms with Crippen LogP contribution >= 0.6 is 24.0 Å². The van der Waals surface area contributed by atoms with Crippen LogP contribution in [0.25, 0.3) is 11.7 Å². The molecular formula is C29H29N5O5S2. The minimum absolute atomic E-state index is 0.00525. The molecule has 0 bridgehead atoms. The van der Waals surface area contributed by atoms with Crippen LogP contribution in [0.1, 0.15) is 24.0 Å². The maximum Gasteiger partial charge on any atom is 0.267 e. The van der Waals surface area contributed by atoms with Gasteiger partial charge in [-0.15, -0.1) is 0 Å². The van der Waals surface area contributed by atoms with Gasteiger partial charge in [-0.3, -0.25) is 23.8 Å². The number of amides is 1. The number of fused-ring (bicyclic) bond motifs is 2. The second-order valence-corrected chi connectivity index (χ2v) is 12.1. The topological polar surface area (TPSA) is 88.8 Å². The molecule has 3 aromatic rings. The molecule has 3 fully saturated rings. The number of anilines is 1. The molecule has 6 heterocycles. The molecule has 10 nitrogen and oxygen atoms in total. The maximum atomic E-state index is 13.8. The monoisotopic (exact) mass is 591 g/mol. The summed E-state index contributed by atoms with van der Waals surface area (Å²) in [6, 6.07) is 11.6. The van der Waals surface area contributed by atoms with Crippen molar-refractivity contribution in [3.05, 3.63) is 69.0 Å². The van der Waals surface area contributed by atoms with E-state index in [4.69, 9.17) is 31.4 Å². The minimum Gasteiger partial charge on any atom is -0.454 e. The number of aromatic nitrogens is 2. The molecule has 1 atom stereocenters. The summed E-state index contributed by atoms with van der Waals surface area (Å²) >= 11 is 6.78. The quantitative estimate of drug-likeness (QED) is 0.315. The van der Waals surface area contributed by atoms with E-state index < -0.39 is 0 Å². The smallest absolute Gasteiger partial charge is 0.267 e. The highest BCUT2D eigenvalue weighted by molar-refractivity contribution is 8.26. The van der Waals surface area contributed by atoms with E-state index >= 15 is 0 Å². The average Bonchev–Trinajstić information content (AvgIpc) is 3.73. The van der Waals surface area contributed by atoms with Gasteiger partial charge >= 0.3 is 0 Å². The number of ether oxygens (including phenoxy) is 3. The van der Waals surface area contributed by atoms with Gasteiger partial charge in [0.2, 0.25) is 6.79 Å². The van der Waals surface area contributed by atoms with Gasteiger partial charge in [0.15, 0.2) is 11.5 Å². The number of thiocarbonyl (C=S) groups is 1. The zero-order valence-electron chi connectivity index (χ0n) is 22.4. The van der Waals surface area contributed by atoms with Crippen LogP contribution in [0.3, 0.4) is 0 Å². The van der Waals surface area contributed by atoms with Gasteiger partial charge in [-0.2, -0.15) is 0 Å². The molecule has 12 heteroatoms. The molecule has 0 radical (unpaired) electrons. The Morgan fingerprint density at radius 2 is 1.93 bits per heavy atom. The standard InChI is InChI=1S/C29H29N5O5S2/c35-27-21(15-24-28(36)34(29(40)41-24)17-20-4-3-13-37-20)26(30-25-5-1-2-8-33(25)27)32-11-9-31(10-12-32)16-19-6-7-22-23(14-19)39-18-38-22/h1-2,5-8,14-15,20H,3-4,9-13,16-18H2/b24-15-/t20-/m0/s1. The number of hydrogen-bond donors (Lipinski definition) is 0. The lowest BCUT2D eigenvalue weighted by atomic mass is 10.1. The molecule has 0 spiro atoms. The zero-order valence-corrected chi connectivity index (χ0v) is 24.0. The van der Waals surface area contributed by atoms with Crippen LogP contribution in [0.5, 0.6) is 11.5 Å². The highest BCUT2D eigenvalue weighted by atomic mass is 32.2. The number of hydrogen-bond acceptors (Lipinski definition) is 10. The fourth-order valence-corrected chi connectivity index (χ4v) is 6.91. The number of carbonyl (C=O) groups is 1. The van der Waals surface area contributed by atoms with E-state index in [9.17, 15) is 9.59 Å². The number of rotatable bonds is 6. The molecule has 4 aliphatic heterocycles. The van der Waals surface area contributed by atoms with Crippen LogP contribution in [0.15, 0.2) is 52.3 Å². The third kappa shape index (κ3) is 5.21. The third-order valence-electron chi connectivity index (χ3n) is 7.82. The average molecular weight is 592 g/mol. The second-order valence-electron chi connectivity index (χ2n) is 10.5. The number of benzene rings is 1. The van der Waals surface area contributed by atoms with Gasteiger partial charge in [0.1, 0.15) is 15.8 Å². The fraction of sp³-hybridized carbons (Fsp3) is 0.379. The number of pyridine rings is 1. The molecule has 41 heavy (non-hydrogen) atoms. The molecule has 3 saturated heterocycles. The number of piperazine rings is 1. The second kappa shape index (κ2) is 11.1. The predicted molar refractivity (Wildman–Crippen MR) is 160 cm³/mol. The largest absolute Gasteiger partial charge is 0.454 e. The fourth-order valence-electron chi connectivity index (χ4n) is 5.65. The van der Waals surface area contributed by atoms with Crippen molar-refractivity contribution in [2.45, 2.75) is 25.5 Å². The van der Waals surface area contributed by atoms with Crippen molar-refractivity contribution >= 4 is 51.7 Å². The van der Waals surface area contributed by atoms with E-state index in [-0.39, 0.29) is 24.4 Å². The van der Waals surface area contributed by atoms with Gasteiger partial charge in [0.25, 0.3) is 11.5 Å². The number of thioether (sulfide) groups is 1. The van der Waals surface area contributed by atoms with Crippen molar-refractivity contribution in [3.8, 4) is 11.5 Å². The third-order valence-corrected chi connectivity index (χ3v) is 9.20. The summed E-state index contributed by atoms with van der Waals surface area (Å²) in [7, 11) is 0. The Bertz CT molecular complexity index is 1610. The molecule has 0 N–H and O–H groups in total. The first kappa shape index (κ1) is 26.4. The van der Waals surface area contributed by atoms with E-state index in [1.165, 1.54) is 16.2 Å². The van der Waals surface area contributed by atoms with Crippen molar-refractivity contribution in [1.29, 1.82) is 0 Å². The van der Waals surface area contributed by atoms with E-state index in [1.54, 1.807) is 23.2 Å². The van der Waals surface area contributed by atoms with E-state index in [0.29, 0.717) is 52.5 Å². The summed E-state index contributed by atoms with van der Waals surface area (Å²) in [6.07, 6.45) is 5.28. The van der Waals surface area contributed by atoms with E-state index in [1.807, 2.05) is 24.3 Å². The van der Waals surface area contributed by atoms with E-state index in [0.717, 1.165) is 49.5 Å². The number of nitrogens with zero attached hydrogens (tertiary/aromatic N) is 5. The van der Waals surface area contributed by atoms with Crippen LogP contribution in [-0.4, -0.2) is 81.6 Å². The highest BCUT2D eigenvalue weighted by Crippen LogP contribution is 2.35. The van der Waals surface area contributed by atoms with Gasteiger partial charge in [-0.1, -0.05) is 36.1 Å². The highest BCUT2D eigenvalue weighted by Gasteiger charge is 2.35. The summed E-state index contributed by atoms with van der Waals surface area (Å²) in [5.41, 5.74) is 1.92. The summed E-state index contributed by atoms with van der Waals surface area (Å²) < 4.78 is 18.7. The Morgan fingerprint density at radius 3 is 2.76 bits per heavy atom. The Labute approximate surface area is 246 Å². The Hall–Kier alpha value is -3.45. The Balaban J connectivity index is 1.14. The lowest BCUT2D eigenvalue weighted by molar-refractivity contribution is -0.123. The van der Waals surface area contributed by atoms with Crippen molar-refractivity contribution in [3.63, 3.8) is 0 Å². The summed E-state index contributed by atoms with van der Waals surface area (Å²) in [5.74, 6) is 1.97. The Morgan fingerprint density at radius 1 is 1.07 bits per heavy atom. The molecular weight excluding hydrogens is 562 g/mol. The first-order chi connectivity index (χ1) is 20.0. The molecule has 2 aromatic heterocycles. The van der Waals surface area contributed by atoms with Crippen molar-refractivity contribution in [2.24, 2.45) is 0 Å². The van der Waals surface area contributed by atoms with Gasteiger partial charge in [0.05, 0.1) is 23.1 Å². The Kier molecular flexibility index (Phi) is 7.15. The lowest BCUT2D eigenvalue weighted by Crippen LogP contribution is -2.47. The first-order valence-electron chi connectivity index (χ1n) is 13.8. The normalized spacial score (nSPS) is 22.0. The molecule has 212 valence electrons. The van der Waals surface area contributed by atoms with Crippen LogP contribution in [0.4, 0.5) is 5.82 Å². The van der Waals surface area contributed by atoms with Gasteiger partial charge in [-0.25, -0.2) is 4.98 Å². The maximum absolute atomic E-state index is 13.8. The molecule has 7 rings (SSSR count). The zero-order chi connectivity index (χ0) is 27.9. The van der Waals surface area contributed by atoms with Gasteiger partial charge in [-0.05, 0) is 48.7 Å². The summed E-state index contributed by atoms with van der Waals surface area (Å²) in [6.45, 7) is 5.19. The molecule has 4 aliphatic rings. The van der Waals surface area contributed by atoms with Crippen molar-refractivity contribution in [2.75, 3.05) is 51.0 Å². The van der Waals surface area contributed by atoms with Gasteiger partial charge < -0.3 is 19.1 Å². The van der Waals surface area contributed by atoms with Crippen molar-refractivity contribution in [1.82, 2.24) is 19.2 Å². The lowest BCUT2D eigenvalue weighted by Gasteiger charge is -2.36. The summed E-state index contributed by atoms with van der Waals surface area (Å²) in [5, 5.41) is 0. The van der Waals surface area contributed by atoms with Gasteiger partial charge in [0, 0.05) is 45.5 Å². The van der Waals surface area contributed by atoms with Crippen LogP contribution in [0.2, 0.25) is 0 Å². The summed E-state index contributed by atoms with van der Waals surface area (Å²) in [4.78, 5) is 38.6. The predicted octanol–water partition coefficient (Wildman–Crippen LogP) is 3.13. The molecule has 1 amide bonds. The molecule has 0 saturated carbocycles. The minimum atomic E-state index is -0.210. The van der Waals surface area contributed by atoms with Crippen LogP contribution < -0.4 is 19.9 Å². The SMILES string of the molecule is O=C1/C(=C/c2c(N3CCN(Cc4ccc5c(c4)OCO5)CC3)nc3ccccn3c2=O)SC(=S)N1C[C@@H]1CCCO1. The molecule has 1 aromatic carbocycles. The first-order valence-corrected chi connectivity index (χ1v) is 15.0. The van der Waals surface area contributed by atoms with Crippen LogP contribution in [0, 0.1) is 0 Å². The molecule has 0 aliphatic carbocycles. The van der Waals surface area contributed by atoms with Crippen molar-refractivity contribution < 1.29 is 19.0 Å². The number of carbonyl (C=O) groups excluding carboxylic acids is 1. The molecule has 0 unspecified atom stereocenters. The van der Waals surface area contributed by atoms with E-state index in [2.05, 4.69) is 15.9 Å². The van der Waals surface area contributed by atoms with Crippen LogP contribution in [-0.2, 0) is 16.1 Å².